The Hall–Kier alpha value is -3.12. The Morgan fingerprint density at radius 1 is 1.00 bits per heavy atom. The zero-order chi connectivity index (χ0) is 28.0. The zero-order valence-corrected chi connectivity index (χ0v) is 23.0. The van der Waals surface area contributed by atoms with Gasteiger partial charge < -0.3 is 4.74 Å². The SMILES string of the molecule is CCOC(=O)C(CC(C)C)c1cc(-c2ccc(C(F)(F)F)cc2)cc(C2CCCN(Cc3ccccc3)C2)c1. The van der Waals surface area contributed by atoms with Gasteiger partial charge in [-0.15, -0.1) is 0 Å². The topological polar surface area (TPSA) is 29.5 Å². The van der Waals surface area contributed by atoms with Crippen LogP contribution in [0.1, 0.15) is 74.1 Å². The standard InChI is InChI=1S/C33H38F3NO2/c1-4-39-32(38)31(17-23(2)3)29-19-27(25-12-14-30(15-13-25)33(34,35)36)18-28(20-29)26-11-8-16-37(22-26)21-24-9-6-5-7-10-24/h5-7,9-10,12-15,18-20,23,26,31H,4,8,11,16-17,21-22H2,1-3H3. The van der Waals surface area contributed by atoms with E-state index in [9.17, 15) is 18.0 Å². The van der Waals surface area contributed by atoms with E-state index in [-0.39, 0.29) is 17.8 Å². The monoisotopic (exact) mass is 537 g/mol. The van der Waals surface area contributed by atoms with Crippen LogP contribution < -0.4 is 0 Å². The Labute approximate surface area is 230 Å². The number of ether oxygens (including phenoxy) is 1. The van der Waals surface area contributed by atoms with Crippen molar-refractivity contribution < 1.29 is 22.7 Å². The van der Waals surface area contributed by atoms with Crippen LogP contribution >= 0.6 is 0 Å². The number of alkyl halides is 3. The van der Waals surface area contributed by atoms with Gasteiger partial charge in [0.2, 0.25) is 0 Å². The second kappa shape index (κ2) is 12.8. The molecule has 3 aromatic carbocycles. The maximum absolute atomic E-state index is 13.2. The predicted octanol–water partition coefficient (Wildman–Crippen LogP) is 8.44. The van der Waals surface area contributed by atoms with Crippen molar-refractivity contribution in [3.63, 3.8) is 0 Å². The van der Waals surface area contributed by atoms with E-state index in [0.717, 1.165) is 61.3 Å². The van der Waals surface area contributed by atoms with Crippen LogP contribution in [0.4, 0.5) is 13.2 Å². The molecule has 0 aliphatic carbocycles. The van der Waals surface area contributed by atoms with Gasteiger partial charge in [-0.05, 0) is 84.5 Å². The van der Waals surface area contributed by atoms with Gasteiger partial charge in [0.25, 0.3) is 0 Å². The third-order valence-corrected chi connectivity index (χ3v) is 7.43. The highest BCUT2D eigenvalue weighted by Crippen LogP contribution is 2.37. The first-order valence-corrected chi connectivity index (χ1v) is 13.9. The van der Waals surface area contributed by atoms with Gasteiger partial charge in [-0.2, -0.15) is 13.2 Å². The average Bonchev–Trinajstić information content (AvgIpc) is 2.92. The summed E-state index contributed by atoms with van der Waals surface area (Å²) >= 11 is 0. The third-order valence-electron chi connectivity index (χ3n) is 7.43. The summed E-state index contributed by atoms with van der Waals surface area (Å²) in [6.07, 6.45) is -1.66. The summed E-state index contributed by atoms with van der Waals surface area (Å²) in [5.74, 6) is -0.149. The zero-order valence-electron chi connectivity index (χ0n) is 23.0. The Morgan fingerprint density at radius 2 is 1.72 bits per heavy atom. The van der Waals surface area contributed by atoms with E-state index in [0.29, 0.717) is 18.6 Å². The molecular weight excluding hydrogens is 499 g/mol. The molecule has 0 spiro atoms. The molecule has 4 rings (SSSR count). The Bertz CT molecular complexity index is 1220. The Morgan fingerprint density at radius 3 is 2.36 bits per heavy atom. The van der Waals surface area contributed by atoms with Crippen molar-refractivity contribution in [1.29, 1.82) is 0 Å². The van der Waals surface area contributed by atoms with E-state index in [2.05, 4.69) is 55.1 Å². The Balaban J connectivity index is 1.71. The van der Waals surface area contributed by atoms with Crippen LogP contribution in [-0.4, -0.2) is 30.6 Å². The highest BCUT2D eigenvalue weighted by Gasteiger charge is 2.31. The van der Waals surface area contributed by atoms with Crippen molar-refractivity contribution in [2.45, 2.75) is 64.6 Å². The minimum Gasteiger partial charge on any atom is -0.466 e. The summed E-state index contributed by atoms with van der Waals surface area (Å²) in [5, 5.41) is 0. The van der Waals surface area contributed by atoms with Crippen LogP contribution in [-0.2, 0) is 22.3 Å². The third kappa shape index (κ3) is 7.72. The van der Waals surface area contributed by atoms with Crippen molar-refractivity contribution in [3.05, 3.63) is 95.1 Å². The van der Waals surface area contributed by atoms with Gasteiger partial charge in [0, 0.05) is 13.1 Å². The van der Waals surface area contributed by atoms with Gasteiger partial charge in [-0.25, -0.2) is 0 Å². The van der Waals surface area contributed by atoms with Crippen LogP contribution in [0.25, 0.3) is 11.1 Å². The molecule has 0 aromatic heterocycles. The second-order valence-corrected chi connectivity index (χ2v) is 11.0. The van der Waals surface area contributed by atoms with Crippen LogP contribution in [0.2, 0.25) is 0 Å². The molecule has 0 radical (unpaired) electrons. The lowest BCUT2D eigenvalue weighted by Crippen LogP contribution is -2.34. The lowest BCUT2D eigenvalue weighted by molar-refractivity contribution is -0.145. The van der Waals surface area contributed by atoms with Crippen molar-refractivity contribution in [2.24, 2.45) is 5.92 Å². The van der Waals surface area contributed by atoms with E-state index >= 15 is 0 Å². The fourth-order valence-electron chi connectivity index (χ4n) is 5.53. The fourth-order valence-corrected chi connectivity index (χ4v) is 5.53. The lowest BCUT2D eigenvalue weighted by Gasteiger charge is -2.33. The molecule has 0 amide bonds. The molecule has 2 unspecified atom stereocenters. The van der Waals surface area contributed by atoms with Gasteiger partial charge in [-0.1, -0.05) is 74.5 Å². The predicted molar refractivity (Wildman–Crippen MR) is 149 cm³/mol. The minimum atomic E-state index is -4.39. The average molecular weight is 538 g/mol. The number of benzene rings is 3. The van der Waals surface area contributed by atoms with Crippen molar-refractivity contribution >= 4 is 5.97 Å². The van der Waals surface area contributed by atoms with Crippen molar-refractivity contribution in [2.75, 3.05) is 19.7 Å². The van der Waals surface area contributed by atoms with Gasteiger partial charge in [-0.3, -0.25) is 9.69 Å². The summed E-state index contributed by atoms with van der Waals surface area (Å²) in [4.78, 5) is 15.5. The first-order valence-electron chi connectivity index (χ1n) is 13.9. The highest BCUT2D eigenvalue weighted by molar-refractivity contribution is 5.79. The molecule has 0 bridgehead atoms. The van der Waals surface area contributed by atoms with E-state index in [1.54, 1.807) is 6.92 Å². The molecule has 3 aromatic rings. The first kappa shape index (κ1) is 28.9. The van der Waals surface area contributed by atoms with Crippen molar-refractivity contribution in [1.82, 2.24) is 4.90 Å². The molecule has 39 heavy (non-hydrogen) atoms. The molecule has 0 saturated carbocycles. The van der Waals surface area contributed by atoms with Crippen LogP contribution in [0.15, 0.2) is 72.8 Å². The van der Waals surface area contributed by atoms with E-state index < -0.39 is 17.7 Å². The minimum absolute atomic E-state index is 0.254. The summed E-state index contributed by atoms with van der Waals surface area (Å²) < 4.78 is 45.1. The van der Waals surface area contributed by atoms with Gasteiger partial charge >= 0.3 is 12.1 Å². The van der Waals surface area contributed by atoms with E-state index in [4.69, 9.17) is 4.74 Å². The summed E-state index contributed by atoms with van der Waals surface area (Å²) in [7, 11) is 0. The number of hydrogen-bond donors (Lipinski definition) is 0. The molecule has 1 heterocycles. The molecule has 0 N–H and O–H groups in total. The van der Waals surface area contributed by atoms with Gasteiger partial charge in [0.05, 0.1) is 18.1 Å². The molecule has 1 aliphatic rings. The number of likely N-dealkylation sites (tertiary alicyclic amines) is 1. The molecule has 2 atom stereocenters. The maximum Gasteiger partial charge on any atom is 0.416 e. The van der Waals surface area contributed by atoms with Gasteiger partial charge in [0.1, 0.15) is 0 Å². The number of carbonyl (C=O) groups is 1. The largest absolute Gasteiger partial charge is 0.466 e. The number of nitrogens with zero attached hydrogens (tertiary/aromatic N) is 1. The number of esters is 1. The van der Waals surface area contributed by atoms with Crippen LogP contribution in [0.5, 0.6) is 0 Å². The normalized spacial score (nSPS) is 17.3. The van der Waals surface area contributed by atoms with Crippen LogP contribution in [0.3, 0.4) is 0 Å². The smallest absolute Gasteiger partial charge is 0.416 e. The Kier molecular flexibility index (Phi) is 9.49. The lowest BCUT2D eigenvalue weighted by atomic mass is 9.83. The number of halogens is 3. The van der Waals surface area contributed by atoms with E-state index in [1.807, 2.05) is 12.1 Å². The summed E-state index contributed by atoms with van der Waals surface area (Å²) in [5.41, 5.74) is 4.13. The van der Waals surface area contributed by atoms with E-state index in [1.165, 1.54) is 17.7 Å². The molecule has 3 nitrogen and oxygen atoms in total. The molecule has 1 fully saturated rings. The van der Waals surface area contributed by atoms with Gasteiger partial charge in [0.15, 0.2) is 0 Å². The molecule has 208 valence electrons. The van der Waals surface area contributed by atoms with Crippen molar-refractivity contribution in [3.8, 4) is 11.1 Å². The quantitative estimate of drug-likeness (QED) is 0.257. The fraction of sp³-hybridized carbons (Fsp3) is 0.424. The second-order valence-electron chi connectivity index (χ2n) is 11.0. The number of hydrogen-bond acceptors (Lipinski definition) is 3. The first-order chi connectivity index (χ1) is 18.6. The van der Waals surface area contributed by atoms with Crippen LogP contribution in [0, 0.1) is 5.92 Å². The highest BCUT2D eigenvalue weighted by atomic mass is 19.4. The maximum atomic E-state index is 13.2. The summed E-state index contributed by atoms with van der Waals surface area (Å²) in [6, 6.07) is 21.9. The number of rotatable bonds is 9. The number of carbonyl (C=O) groups excluding carboxylic acids is 1. The molecule has 1 aliphatic heterocycles. The summed E-state index contributed by atoms with van der Waals surface area (Å²) in [6.45, 7) is 9.05. The number of piperidine rings is 1. The molecular formula is C33H38F3NO2. The molecule has 6 heteroatoms. The molecule has 1 saturated heterocycles.